The molecule has 156 valence electrons. The summed E-state index contributed by atoms with van der Waals surface area (Å²) >= 11 is 0. The molecule has 0 unspecified atom stereocenters. The first-order valence-corrected chi connectivity index (χ1v) is 11.7. The summed E-state index contributed by atoms with van der Waals surface area (Å²) < 4.78 is 25.2. The molecule has 2 aromatic rings. The maximum Gasteiger partial charge on any atom is 0.251 e. The molecule has 0 saturated heterocycles. The predicted molar refractivity (Wildman–Crippen MR) is 116 cm³/mol. The lowest BCUT2D eigenvalue weighted by Crippen LogP contribution is -2.50. The third kappa shape index (κ3) is 5.06. The van der Waals surface area contributed by atoms with Gasteiger partial charge in [-0.3, -0.25) is 4.79 Å². The molecule has 0 aliphatic heterocycles. The molecule has 2 aromatic carbocycles. The van der Waals surface area contributed by atoms with Crippen LogP contribution in [0.4, 0.5) is 0 Å². The number of carbonyl (C=O) groups excluding carboxylic acids is 1. The van der Waals surface area contributed by atoms with E-state index in [2.05, 4.69) is 24.3 Å². The number of hydrogen-bond acceptors (Lipinski definition) is 4. The highest BCUT2D eigenvalue weighted by Gasteiger charge is 2.36. The Labute approximate surface area is 174 Å². The minimum absolute atomic E-state index is 0.0394. The van der Waals surface area contributed by atoms with Gasteiger partial charge in [-0.1, -0.05) is 42.7 Å². The van der Waals surface area contributed by atoms with Crippen LogP contribution in [-0.4, -0.2) is 45.4 Å². The van der Waals surface area contributed by atoms with Gasteiger partial charge in [0.2, 0.25) is 0 Å². The van der Waals surface area contributed by atoms with Crippen LogP contribution in [0.15, 0.2) is 53.4 Å². The number of rotatable bonds is 7. The first-order valence-electron chi connectivity index (χ1n) is 10.1. The first kappa shape index (κ1) is 21.5. The summed E-state index contributed by atoms with van der Waals surface area (Å²) in [4.78, 5) is 15.1. The molecule has 0 spiro atoms. The average Bonchev–Trinajstić information content (AvgIpc) is 3.17. The van der Waals surface area contributed by atoms with Gasteiger partial charge in [0.1, 0.15) is 0 Å². The molecule has 6 heteroatoms. The van der Waals surface area contributed by atoms with Gasteiger partial charge in [-0.15, -0.1) is 0 Å². The zero-order valence-corrected chi connectivity index (χ0v) is 18.3. The largest absolute Gasteiger partial charge is 0.350 e. The van der Waals surface area contributed by atoms with Gasteiger partial charge in [-0.25, -0.2) is 8.42 Å². The van der Waals surface area contributed by atoms with E-state index in [1.807, 2.05) is 6.92 Å². The molecule has 0 heterocycles. The summed E-state index contributed by atoms with van der Waals surface area (Å²) in [6.07, 6.45) is 4.57. The van der Waals surface area contributed by atoms with Crippen molar-refractivity contribution in [2.45, 2.75) is 48.8 Å². The summed E-state index contributed by atoms with van der Waals surface area (Å²) in [7, 11) is 0.732. The Kier molecular flexibility index (Phi) is 6.44. The highest BCUT2D eigenvalue weighted by Crippen LogP contribution is 2.33. The first-order chi connectivity index (χ1) is 13.7. The van der Waals surface area contributed by atoms with Gasteiger partial charge in [0.05, 0.1) is 10.6 Å². The van der Waals surface area contributed by atoms with Crippen molar-refractivity contribution in [3.8, 4) is 0 Å². The van der Waals surface area contributed by atoms with Crippen LogP contribution in [0, 0.1) is 6.92 Å². The molecular weight excluding hydrogens is 384 g/mol. The quantitative estimate of drug-likeness (QED) is 0.752. The summed E-state index contributed by atoms with van der Waals surface area (Å²) in [5.41, 5.74) is 2.28. The van der Waals surface area contributed by atoms with Gasteiger partial charge in [-0.2, -0.15) is 0 Å². The number of aryl methyl sites for hydroxylation is 1. The maximum absolute atomic E-state index is 12.6. The minimum atomic E-state index is -3.41. The minimum Gasteiger partial charge on any atom is -0.350 e. The molecule has 0 aromatic heterocycles. The summed E-state index contributed by atoms with van der Waals surface area (Å²) in [5.74, 6) is -0.201. The van der Waals surface area contributed by atoms with Crippen LogP contribution in [0.25, 0.3) is 0 Å². The van der Waals surface area contributed by atoms with E-state index < -0.39 is 9.84 Å². The summed E-state index contributed by atoms with van der Waals surface area (Å²) in [6.45, 7) is 2.55. The smallest absolute Gasteiger partial charge is 0.251 e. The van der Waals surface area contributed by atoms with E-state index >= 15 is 0 Å². The van der Waals surface area contributed by atoms with Gasteiger partial charge in [0.15, 0.2) is 9.84 Å². The van der Waals surface area contributed by atoms with Crippen molar-refractivity contribution in [1.82, 2.24) is 10.2 Å². The number of hydrogen-bond donors (Lipinski definition) is 1. The Hall–Kier alpha value is -2.18. The van der Waals surface area contributed by atoms with Crippen molar-refractivity contribution < 1.29 is 13.2 Å². The highest BCUT2D eigenvalue weighted by molar-refractivity contribution is 7.90. The second-order valence-electron chi connectivity index (χ2n) is 8.28. The van der Waals surface area contributed by atoms with Crippen molar-refractivity contribution in [3.63, 3.8) is 0 Å². The van der Waals surface area contributed by atoms with Crippen LogP contribution in [0.1, 0.15) is 47.2 Å². The fourth-order valence-corrected chi connectivity index (χ4v) is 5.31. The molecule has 3 rings (SSSR count). The molecular formula is C23H30N2O3S. The van der Waals surface area contributed by atoms with Crippen LogP contribution < -0.4 is 5.32 Å². The van der Waals surface area contributed by atoms with E-state index in [1.165, 1.54) is 12.8 Å². The lowest BCUT2D eigenvalue weighted by atomic mass is 9.96. The zero-order valence-electron chi connectivity index (χ0n) is 17.4. The standard InChI is InChI=1S/C23H30N2O3S/c1-18-6-12-21(13-7-18)29(27,28)16-19-8-10-20(11-9-19)22(26)24-17-23(25(2)3)14-4-5-15-23/h6-13H,4-5,14-17H2,1-3H3,(H,24,26). The monoisotopic (exact) mass is 414 g/mol. The molecule has 0 radical (unpaired) electrons. The molecule has 0 bridgehead atoms. The van der Waals surface area contributed by atoms with Crippen molar-refractivity contribution in [2.24, 2.45) is 0 Å². The Morgan fingerprint density at radius 3 is 2.14 bits per heavy atom. The van der Waals surface area contributed by atoms with Crippen LogP contribution in [0.2, 0.25) is 0 Å². The Balaban J connectivity index is 1.63. The number of likely N-dealkylation sites (N-methyl/N-ethyl adjacent to an activating group) is 1. The van der Waals surface area contributed by atoms with Crippen molar-refractivity contribution in [3.05, 3.63) is 65.2 Å². The fourth-order valence-electron chi connectivity index (χ4n) is 3.96. The SMILES string of the molecule is Cc1ccc(S(=O)(=O)Cc2ccc(C(=O)NCC3(N(C)C)CCCC3)cc2)cc1. The van der Waals surface area contributed by atoms with Crippen molar-refractivity contribution in [2.75, 3.05) is 20.6 Å². The Bertz CT molecular complexity index is 943. The molecule has 1 aliphatic carbocycles. The summed E-state index contributed by atoms with van der Waals surface area (Å²) in [6, 6.07) is 13.7. The van der Waals surface area contributed by atoms with Gasteiger partial charge in [0.25, 0.3) is 5.91 Å². The summed E-state index contributed by atoms with van der Waals surface area (Å²) in [5, 5.41) is 3.06. The number of nitrogens with one attached hydrogen (secondary N) is 1. The normalized spacial score (nSPS) is 16.1. The van der Waals surface area contributed by atoms with E-state index in [4.69, 9.17) is 0 Å². The molecule has 1 N–H and O–H groups in total. The van der Waals surface area contributed by atoms with E-state index in [1.54, 1.807) is 48.5 Å². The van der Waals surface area contributed by atoms with Crippen LogP contribution in [0.3, 0.4) is 0 Å². The fraction of sp³-hybridized carbons (Fsp3) is 0.435. The number of sulfone groups is 1. The Morgan fingerprint density at radius 2 is 1.59 bits per heavy atom. The zero-order chi connectivity index (χ0) is 21.1. The number of carbonyl (C=O) groups is 1. The van der Waals surface area contributed by atoms with E-state index in [9.17, 15) is 13.2 Å². The second-order valence-corrected chi connectivity index (χ2v) is 10.3. The third-order valence-corrected chi connectivity index (χ3v) is 7.72. The number of amides is 1. The van der Waals surface area contributed by atoms with Gasteiger partial charge >= 0.3 is 0 Å². The van der Waals surface area contributed by atoms with Crippen molar-refractivity contribution >= 4 is 15.7 Å². The van der Waals surface area contributed by atoms with E-state index in [-0.39, 0.29) is 17.2 Å². The Morgan fingerprint density at radius 1 is 1.00 bits per heavy atom. The molecule has 1 amide bonds. The maximum atomic E-state index is 12.6. The van der Waals surface area contributed by atoms with Gasteiger partial charge in [-0.05, 0) is 63.7 Å². The lowest BCUT2D eigenvalue weighted by molar-refractivity contribution is 0.0900. The van der Waals surface area contributed by atoms with Crippen LogP contribution >= 0.6 is 0 Å². The van der Waals surface area contributed by atoms with Crippen molar-refractivity contribution in [1.29, 1.82) is 0 Å². The third-order valence-electron chi connectivity index (χ3n) is 6.01. The van der Waals surface area contributed by atoms with Gasteiger partial charge in [0, 0.05) is 17.6 Å². The number of nitrogens with zero attached hydrogens (tertiary/aromatic N) is 1. The molecule has 29 heavy (non-hydrogen) atoms. The average molecular weight is 415 g/mol. The number of benzene rings is 2. The van der Waals surface area contributed by atoms with Gasteiger partial charge < -0.3 is 10.2 Å². The molecule has 1 saturated carbocycles. The lowest BCUT2D eigenvalue weighted by Gasteiger charge is -2.36. The molecule has 1 fully saturated rings. The molecule has 0 atom stereocenters. The topological polar surface area (TPSA) is 66.5 Å². The molecule has 5 nitrogen and oxygen atoms in total. The van der Waals surface area contributed by atoms with Crippen LogP contribution in [0.5, 0.6) is 0 Å². The molecule has 1 aliphatic rings. The van der Waals surface area contributed by atoms with E-state index in [0.717, 1.165) is 18.4 Å². The highest BCUT2D eigenvalue weighted by atomic mass is 32.2. The second kappa shape index (κ2) is 8.67. The predicted octanol–water partition coefficient (Wildman–Crippen LogP) is 3.57. The van der Waals surface area contributed by atoms with Crippen LogP contribution in [-0.2, 0) is 15.6 Å². The van der Waals surface area contributed by atoms with E-state index in [0.29, 0.717) is 22.6 Å².